The Hall–Kier alpha value is -1.50. The van der Waals surface area contributed by atoms with E-state index in [-0.39, 0.29) is 11.3 Å². The summed E-state index contributed by atoms with van der Waals surface area (Å²) in [4.78, 5) is 22.7. The van der Waals surface area contributed by atoms with E-state index in [1.54, 1.807) is 12.1 Å². The van der Waals surface area contributed by atoms with Crippen LogP contribution in [0.3, 0.4) is 0 Å². The van der Waals surface area contributed by atoms with Crippen molar-refractivity contribution < 1.29 is 9.18 Å². The maximum atomic E-state index is 13.5. The van der Waals surface area contributed by atoms with Crippen LogP contribution in [0.1, 0.15) is 10.4 Å². The number of hydrogen-bond acceptors (Lipinski definition) is 2. The fourth-order valence-corrected chi connectivity index (χ4v) is 1.99. The molecule has 1 aromatic heterocycles. The summed E-state index contributed by atoms with van der Waals surface area (Å²) in [6.07, 6.45) is 1.94. The van der Waals surface area contributed by atoms with Gasteiger partial charge in [0.05, 0.1) is 11.3 Å². The number of rotatable bonds is 2. The van der Waals surface area contributed by atoms with E-state index in [2.05, 4.69) is 0 Å². The Morgan fingerprint density at radius 3 is 2.59 bits per heavy atom. The van der Waals surface area contributed by atoms with Crippen LogP contribution in [0.25, 0.3) is 5.69 Å². The quantitative estimate of drug-likeness (QED) is 0.621. The minimum Gasteiger partial charge on any atom is -0.298 e. The van der Waals surface area contributed by atoms with Gasteiger partial charge in [0.25, 0.3) is 5.56 Å². The summed E-state index contributed by atoms with van der Waals surface area (Å²) in [7, 11) is 0. The first kappa shape index (κ1) is 12.0. The summed E-state index contributed by atoms with van der Waals surface area (Å²) < 4.78 is 15.2. The van der Waals surface area contributed by atoms with Gasteiger partial charge in [0.15, 0.2) is 6.29 Å². The second-order valence-corrected chi connectivity index (χ2v) is 4.48. The number of benzene rings is 1. The van der Waals surface area contributed by atoms with Crippen LogP contribution >= 0.6 is 22.6 Å². The van der Waals surface area contributed by atoms with Gasteiger partial charge in [-0.1, -0.05) is 12.1 Å². The van der Waals surface area contributed by atoms with Crippen molar-refractivity contribution in [3.63, 3.8) is 0 Å². The smallest absolute Gasteiger partial charge is 0.266 e. The van der Waals surface area contributed by atoms with Crippen LogP contribution in [0.4, 0.5) is 4.39 Å². The van der Waals surface area contributed by atoms with Crippen molar-refractivity contribution in [1.82, 2.24) is 4.57 Å². The summed E-state index contributed by atoms with van der Waals surface area (Å²) in [6.45, 7) is 0. The molecule has 0 aliphatic carbocycles. The molecular weight excluding hydrogens is 336 g/mol. The molecule has 0 unspecified atom stereocenters. The lowest BCUT2D eigenvalue weighted by molar-refractivity contribution is 0.112. The Morgan fingerprint density at radius 1 is 1.24 bits per heavy atom. The summed E-state index contributed by atoms with van der Waals surface area (Å²) in [5.74, 6) is -0.507. The van der Waals surface area contributed by atoms with Gasteiger partial charge < -0.3 is 0 Å². The van der Waals surface area contributed by atoms with E-state index in [0.29, 0.717) is 9.86 Å². The van der Waals surface area contributed by atoms with Crippen molar-refractivity contribution >= 4 is 28.9 Å². The SMILES string of the molecule is O=Cc1c(I)ccn(-c2ccccc2F)c1=O. The Kier molecular flexibility index (Phi) is 3.37. The van der Waals surface area contributed by atoms with E-state index in [0.717, 1.165) is 4.57 Å². The zero-order chi connectivity index (χ0) is 12.4. The molecule has 0 radical (unpaired) electrons. The molecule has 86 valence electrons. The lowest BCUT2D eigenvalue weighted by Gasteiger charge is -2.07. The Labute approximate surface area is 110 Å². The molecule has 2 aromatic rings. The predicted molar refractivity (Wildman–Crippen MR) is 70.1 cm³/mol. The molecule has 3 nitrogen and oxygen atoms in total. The van der Waals surface area contributed by atoms with E-state index in [1.807, 2.05) is 22.6 Å². The number of pyridine rings is 1. The number of halogens is 2. The van der Waals surface area contributed by atoms with E-state index in [9.17, 15) is 14.0 Å². The number of hydrogen-bond donors (Lipinski definition) is 0. The number of carbonyl (C=O) groups is 1. The molecule has 0 saturated carbocycles. The zero-order valence-electron chi connectivity index (χ0n) is 8.56. The fraction of sp³-hybridized carbons (Fsp3) is 0. The van der Waals surface area contributed by atoms with Crippen molar-refractivity contribution in [2.75, 3.05) is 0 Å². The summed E-state index contributed by atoms with van der Waals surface area (Å²) >= 11 is 1.89. The van der Waals surface area contributed by atoms with Crippen LogP contribution in [0, 0.1) is 9.39 Å². The average molecular weight is 343 g/mol. The van der Waals surface area contributed by atoms with Gasteiger partial charge in [-0.3, -0.25) is 14.2 Å². The summed E-state index contributed by atoms with van der Waals surface area (Å²) in [5, 5.41) is 0. The summed E-state index contributed by atoms with van der Waals surface area (Å²) in [6, 6.07) is 7.51. The van der Waals surface area contributed by atoms with Gasteiger partial charge in [-0.15, -0.1) is 0 Å². The molecule has 0 N–H and O–H groups in total. The Morgan fingerprint density at radius 2 is 1.94 bits per heavy atom. The maximum Gasteiger partial charge on any atom is 0.266 e. The third-order valence-corrected chi connectivity index (χ3v) is 3.25. The highest BCUT2D eigenvalue weighted by Gasteiger charge is 2.10. The molecule has 5 heteroatoms. The van der Waals surface area contributed by atoms with Crippen LogP contribution < -0.4 is 5.56 Å². The van der Waals surface area contributed by atoms with Crippen LogP contribution in [-0.4, -0.2) is 10.9 Å². The van der Waals surface area contributed by atoms with E-state index >= 15 is 0 Å². The van der Waals surface area contributed by atoms with Gasteiger partial charge in [0.2, 0.25) is 0 Å². The minimum atomic E-state index is -0.517. The van der Waals surface area contributed by atoms with Crippen molar-refractivity contribution in [2.24, 2.45) is 0 Å². The van der Waals surface area contributed by atoms with Crippen LogP contribution in [0.5, 0.6) is 0 Å². The third-order valence-electron chi connectivity index (χ3n) is 2.31. The van der Waals surface area contributed by atoms with Crippen molar-refractivity contribution in [2.45, 2.75) is 0 Å². The highest BCUT2D eigenvalue weighted by molar-refractivity contribution is 14.1. The lowest BCUT2D eigenvalue weighted by Crippen LogP contribution is -2.23. The predicted octanol–water partition coefficient (Wildman–Crippen LogP) is 2.39. The summed E-state index contributed by atoms with van der Waals surface area (Å²) in [5.41, 5.74) is -0.342. The second-order valence-electron chi connectivity index (χ2n) is 3.32. The number of aldehydes is 1. The van der Waals surface area contributed by atoms with Crippen LogP contribution in [-0.2, 0) is 0 Å². The molecule has 1 aromatic carbocycles. The Balaban J connectivity index is 2.74. The van der Waals surface area contributed by atoms with Crippen LogP contribution in [0.15, 0.2) is 41.3 Å². The molecule has 0 atom stereocenters. The molecule has 17 heavy (non-hydrogen) atoms. The molecule has 2 rings (SSSR count). The van der Waals surface area contributed by atoms with Crippen molar-refractivity contribution in [3.8, 4) is 5.69 Å². The maximum absolute atomic E-state index is 13.5. The standard InChI is InChI=1S/C12H7FINO2/c13-9-3-1-2-4-11(9)15-6-5-10(14)8(7-16)12(15)17/h1-7H. The molecule has 0 amide bonds. The van der Waals surface area contributed by atoms with Gasteiger partial charge >= 0.3 is 0 Å². The van der Waals surface area contributed by atoms with E-state index < -0.39 is 11.4 Å². The topological polar surface area (TPSA) is 39.1 Å². The molecule has 0 saturated heterocycles. The number of carbonyl (C=O) groups excluding carboxylic acids is 1. The van der Waals surface area contributed by atoms with Gasteiger partial charge in [-0.25, -0.2) is 4.39 Å². The van der Waals surface area contributed by atoms with E-state index in [1.165, 1.54) is 24.4 Å². The highest BCUT2D eigenvalue weighted by Crippen LogP contribution is 2.12. The van der Waals surface area contributed by atoms with Gasteiger partial charge in [0.1, 0.15) is 5.82 Å². The molecule has 0 fully saturated rings. The van der Waals surface area contributed by atoms with Crippen LogP contribution in [0.2, 0.25) is 0 Å². The first-order valence-electron chi connectivity index (χ1n) is 4.76. The second kappa shape index (κ2) is 4.79. The monoisotopic (exact) mass is 343 g/mol. The molecule has 0 spiro atoms. The van der Waals surface area contributed by atoms with E-state index in [4.69, 9.17) is 0 Å². The first-order valence-corrected chi connectivity index (χ1v) is 5.84. The first-order chi connectivity index (χ1) is 8.15. The number of aromatic nitrogens is 1. The normalized spacial score (nSPS) is 10.2. The molecule has 0 aliphatic rings. The number of para-hydroxylation sites is 1. The molecule has 1 heterocycles. The molecular formula is C12H7FINO2. The largest absolute Gasteiger partial charge is 0.298 e. The lowest BCUT2D eigenvalue weighted by atomic mass is 10.2. The fourth-order valence-electron chi connectivity index (χ4n) is 1.47. The zero-order valence-corrected chi connectivity index (χ0v) is 10.7. The molecule has 0 bridgehead atoms. The average Bonchev–Trinajstić information content (AvgIpc) is 2.31. The van der Waals surface area contributed by atoms with Crippen molar-refractivity contribution in [3.05, 3.63) is 61.8 Å². The Bertz CT molecular complexity index is 637. The van der Waals surface area contributed by atoms with Gasteiger partial charge in [-0.05, 0) is 40.8 Å². The van der Waals surface area contributed by atoms with Gasteiger partial charge in [0, 0.05) is 9.77 Å². The third kappa shape index (κ3) is 2.14. The number of nitrogens with zero attached hydrogens (tertiary/aromatic N) is 1. The van der Waals surface area contributed by atoms with Gasteiger partial charge in [-0.2, -0.15) is 0 Å². The molecule has 0 aliphatic heterocycles. The highest BCUT2D eigenvalue weighted by atomic mass is 127. The minimum absolute atomic E-state index is 0.0383. The van der Waals surface area contributed by atoms with Crippen molar-refractivity contribution in [1.29, 1.82) is 0 Å².